The molecule has 0 saturated carbocycles. The average Bonchev–Trinajstić information content (AvgIpc) is 2.75. The Morgan fingerprint density at radius 3 is 2.94 bits per heavy atom. The highest BCUT2D eigenvalue weighted by atomic mass is 35.5. The fourth-order valence-electron chi connectivity index (χ4n) is 2.12. The first-order valence-electron chi connectivity index (χ1n) is 5.90. The molecule has 1 unspecified atom stereocenters. The van der Waals surface area contributed by atoms with Crippen LogP contribution >= 0.6 is 34.7 Å². The molecule has 0 amide bonds. The molecule has 2 nitrogen and oxygen atoms in total. The van der Waals surface area contributed by atoms with Crippen molar-refractivity contribution in [2.24, 2.45) is 0 Å². The van der Waals surface area contributed by atoms with Crippen LogP contribution in [-0.2, 0) is 5.88 Å². The van der Waals surface area contributed by atoms with E-state index in [0.717, 1.165) is 18.8 Å². The molecule has 1 fully saturated rings. The van der Waals surface area contributed by atoms with Crippen LogP contribution in [0.3, 0.4) is 0 Å². The van der Waals surface area contributed by atoms with Gasteiger partial charge in [0.1, 0.15) is 5.01 Å². The van der Waals surface area contributed by atoms with Crippen LogP contribution in [0.4, 0.5) is 0 Å². The van der Waals surface area contributed by atoms with Crippen molar-refractivity contribution in [2.75, 3.05) is 18.8 Å². The minimum Gasteiger partial charge on any atom is -0.292 e. The van der Waals surface area contributed by atoms with E-state index in [0.29, 0.717) is 16.7 Å². The molecule has 96 valence electrons. The zero-order valence-corrected chi connectivity index (χ0v) is 13.0. The van der Waals surface area contributed by atoms with Gasteiger partial charge in [-0.1, -0.05) is 0 Å². The molecular formula is C12H19ClN2S2. The first-order valence-corrected chi connectivity index (χ1v) is 8.30. The molecule has 5 heteroatoms. The monoisotopic (exact) mass is 290 g/mol. The van der Waals surface area contributed by atoms with E-state index in [2.05, 4.69) is 47.8 Å². The first kappa shape index (κ1) is 13.7. The Morgan fingerprint density at radius 2 is 2.35 bits per heavy atom. The molecular weight excluding hydrogens is 272 g/mol. The number of hydrogen-bond donors (Lipinski definition) is 0. The maximum Gasteiger partial charge on any atom is 0.110 e. The van der Waals surface area contributed by atoms with Gasteiger partial charge in [-0.2, -0.15) is 11.8 Å². The van der Waals surface area contributed by atoms with Gasteiger partial charge in [-0.15, -0.1) is 22.9 Å². The van der Waals surface area contributed by atoms with Crippen molar-refractivity contribution in [3.63, 3.8) is 0 Å². The summed E-state index contributed by atoms with van der Waals surface area (Å²) in [7, 11) is 0. The molecule has 17 heavy (non-hydrogen) atoms. The van der Waals surface area contributed by atoms with Crippen molar-refractivity contribution in [3.05, 3.63) is 16.1 Å². The summed E-state index contributed by atoms with van der Waals surface area (Å²) in [5.41, 5.74) is 1.00. The minimum atomic E-state index is 0.360. The fourth-order valence-corrected chi connectivity index (χ4v) is 4.39. The lowest BCUT2D eigenvalue weighted by Gasteiger charge is -2.40. The summed E-state index contributed by atoms with van der Waals surface area (Å²) in [5, 5.41) is 3.27. The van der Waals surface area contributed by atoms with Gasteiger partial charge in [-0.3, -0.25) is 4.90 Å². The third-order valence-electron chi connectivity index (χ3n) is 3.07. The number of nitrogens with zero attached hydrogens (tertiary/aromatic N) is 2. The van der Waals surface area contributed by atoms with Gasteiger partial charge in [-0.25, -0.2) is 4.98 Å². The van der Waals surface area contributed by atoms with E-state index in [1.54, 1.807) is 11.3 Å². The smallest absolute Gasteiger partial charge is 0.110 e. The second-order valence-electron chi connectivity index (χ2n) is 5.07. The molecule has 0 spiro atoms. The molecule has 1 saturated heterocycles. The van der Waals surface area contributed by atoms with Gasteiger partial charge in [0.2, 0.25) is 0 Å². The SMILES string of the molecule is CC(c1nc(CCl)cs1)N1CCSC(C)(C)C1. The molecule has 0 aromatic carbocycles. The van der Waals surface area contributed by atoms with Crippen molar-refractivity contribution >= 4 is 34.7 Å². The summed E-state index contributed by atoms with van der Waals surface area (Å²) in [6.07, 6.45) is 0. The highest BCUT2D eigenvalue weighted by molar-refractivity contribution is 8.00. The van der Waals surface area contributed by atoms with Crippen LogP contribution in [0.1, 0.15) is 37.5 Å². The lowest BCUT2D eigenvalue weighted by molar-refractivity contribution is 0.200. The highest BCUT2D eigenvalue weighted by Gasteiger charge is 2.30. The van der Waals surface area contributed by atoms with Gasteiger partial charge >= 0.3 is 0 Å². The molecule has 0 bridgehead atoms. The normalized spacial score (nSPS) is 22.6. The van der Waals surface area contributed by atoms with Crippen LogP contribution in [0.15, 0.2) is 5.38 Å². The van der Waals surface area contributed by atoms with Crippen molar-refractivity contribution in [1.82, 2.24) is 9.88 Å². The van der Waals surface area contributed by atoms with Crippen LogP contribution in [-0.4, -0.2) is 33.5 Å². The molecule has 0 aliphatic carbocycles. The number of thiazole rings is 1. The van der Waals surface area contributed by atoms with Crippen molar-refractivity contribution in [1.29, 1.82) is 0 Å². The van der Waals surface area contributed by atoms with Gasteiger partial charge in [-0.05, 0) is 20.8 Å². The maximum atomic E-state index is 5.80. The standard InChI is InChI=1S/C12H19ClN2S2/c1-9(11-14-10(6-13)7-16-11)15-4-5-17-12(2,3)8-15/h7,9H,4-6,8H2,1-3H3. The quantitative estimate of drug-likeness (QED) is 0.789. The molecule has 1 atom stereocenters. The highest BCUT2D eigenvalue weighted by Crippen LogP contribution is 2.34. The number of aromatic nitrogens is 1. The van der Waals surface area contributed by atoms with E-state index >= 15 is 0 Å². The van der Waals surface area contributed by atoms with Crippen LogP contribution in [0.25, 0.3) is 0 Å². The largest absolute Gasteiger partial charge is 0.292 e. The van der Waals surface area contributed by atoms with Crippen molar-refractivity contribution < 1.29 is 0 Å². The third kappa shape index (κ3) is 3.37. The fraction of sp³-hybridized carbons (Fsp3) is 0.750. The summed E-state index contributed by atoms with van der Waals surface area (Å²) in [4.78, 5) is 7.12. The Morgan fingerprint density at radius 1 is 1.59 bits per heavy atom. The molecule has 2 heterocycles. The number of alkyl halides is 1. The van der Waals surface area contributed by atoms with E-state index in [1.807, 2.05) is 0 Å². The zero-order valence-electron chi connectivity index (χ0n) is 10.6. The number of hydrogen-bond acceptors (Lipinski definition) is 4. The zero-order chi connectivity index (χ0) is 12.5. The van der Waals surface area contributed by atoms with Crippen LogP contribution in [0.5, 0.6) is 0 Å². The van der Waals surface area contributed by atoms with E-state index < -0.39 is 0 Å². The topological polar surface area (TPSA) is 16.1 Å². The van der Waals surface area contributed by atoms with Gasteiger partial charge in [0.15, 0.2) is 0 Å². The molecule has 1 aromatic heterocycles. The first-order chi connectivity index (χ1) is 8.02. The van der Waals surface area contributed by atoms with Gasteiger partial charge < -0.3 is 0 Å². The third-order valence-corrected chi connectivity index (χ3v) is 5.70. The number of rotatable bonds is 3. The maximum absolute atomic E-state index is 5.80. The molecule has 2 rings (SSSR count). The van der Waals surface area contributed by atoms with Crippen LogP contribution < -0.4 is 0 Å². The summed E-state index contributed by atoms with van der Waals surface area (Å²) in [6.45, 7) is 9.19. The van der Waals surface area contributed by atoms with Crippen molar-refractivity contribution in [2.45, 2.75) is 37.4 Å². The second kappa shape index (κ2) is 5.47. The molecule has 1 aliphatic heterocycles. The number of thioether (sulfide) groups is 1. The Labute approximate surface area is 117 Å². The predicted molar refractivity (Wildman–Crippen MR) is 78.2 cm³/mol. The van der Waals surface area contributed by atoms with Crippen LogP contribution in [0, 0.1) is 0 Å². The Hall–Kier alpha value is 0.230. The van der Waals surface area contributed by atoms with E-state index in [4.69, 9.17) is 11.6 Å². The van der Waals surface area contributed by atoms with Gasteiger partial charge in [0, 0.05) is 29.0 Å². The Kier molecular flexibility index (Phi) is 4.40. The summed E-state index contributed by atoms with van der Waals surface area (Å²) < 4.78 is 0.360. The lowest BCUT2D eigenvalue weighted by atomic mass is 10.1. The van der Waals surface area contributed by atoms with E-state index in [-0.39, 0.29) is 0 Å². The summed E-state index contributed by atoms with van der Waals surface area (Å²) >= 11 is 9.60. The lowest BCUT2D eigenvalue weighted by Crippen LogP contribution is -2.44. The van der Waals surface area contributed by atoms with E-state index in [1.165, 1.54) is 10.8 Å². The predicted octanol–water partition coefficient (Wildman–Crippen LogP) is 3.77. The summed E-state index contributed by atoms with van der Waals surface area (Å²) in [5.74, 6) is 1.73. The van der Waals surface area contributed by atoms with Crippen LogP contribution in [0.2, 0.25) is 0 Å². The number of halogens is 1. The summed E-state index contributed by atoms with van der Waals surface area (Å²) in [6, 6.07) is 0.414. The second-order valence-corrected chi connectivity index (χ2v) is 8.02. The Balaban J connectivity index is 2.06. The average molecular weight is 291 g/mol. The molecule has 1 aromatic rings. The molecule has 0 radical (unpaired) electrons. The van der Waals surface area contributed by atoms with Gasteiger partial charge in [0.25, 0.3) is 0 Å². The van der Waals surface area contributed by atoms with Gasteiger partial charge in [0.05, 0.1) is 17.6 Å². The van der Waals surface area contributed by atoms with E-state index in [9.17, 15) is 0 Å². The molecule has 1 aliphatic rings. The minimum absolute atomic E-state index is 0.360. The molecule has 0 N–H and O–H groups in total. The Bertz CT molecular complexity index is 378. The van der Waals surface area contributed by atoms with Crippen molar-refractivity contribution in [3.8, 4) is 0 Å².